The molecular formula is C20H22N4. The summed E-state index contributed by atoms with van der Waals surface area (Å²) in [6, 6.07) is 22.0. The fraction of sp³-hybridized carbons (Fsp3) is 0.200. The lowest BCUT2D eigenvalue weighted by molar-refractivity contribution is 0.830. The molecule has 4 nitrogen and oxygen atoms in total. The second-order valence-corrected chi connectivity index (χ2v) is 5.60. The van der Waals surface area contributed by atoms with Gasteiger partial charge in [0, 0.05) is 23.9 Å². The van der Waals surface area contributed by atoms with Crippen LogP contribution in [0.1, 0.15) is 19.8 Å². The van der Waals surface area contributed by atoms with Crippen LogP contribution in [0.4, 0.5) is 17.3 Å². The van der Waals surface area contributed by atoms with Crippen LogP contribution in [-0.4, -0.2) is 16.5 Å². The van der Waals surface area contributed by atoms with E-state index in [9.17, 15) is 0 Å². The van der Waals surface area contributed by atoms with Crippen LogP contribution >= 0.6 is 0 Å². The van der Waals surface area contributed by atoms with Crippen LogP contribution in [0, 0.1) is 0 Å². The summed E-state index contributed by atoms with van der Waals surface area (Å²) in [5, 5.41) is 6.74. The van der Waals surface area contributed by atoms with E-state index in [2.05, 4.69) is 27.5 Å². The zero-order chi connectivity index (χ0) is 16.6. The number of hydrogen-bond acceptors (Lipinski definition) is 4. The molecule has 1 aromatic heterocycles. The van der Waals surface area contributed by atoms with E-state index in [1.54, 1.807) is 0 Å². The number of anilines is 3. The Morgan fingerprint density at radius 2 is 1.50 bits per heavy atom. The first-order valence-corrected chi connectivity index (χ1v) is 8.35. The molecule has 3 aromatic rings. The van der Waals surface area contributed by atoms with Crippen molar-refractivity contribution >= 4 is 17.3 Å². The maximum absolute atomic E-state index is 4.66. The highest BCUT2D eigenvalue weighted by Gasteiger charge is 2.07. The molecule has 0 aliphatic carbocycles. The SMILES string of the molecule is CCCCNc1cc(Nc2ccccc2)nc(-c2ccccc2)n1. The quantitative estimate of drug-likeness (QED) is 0.595. The first kappa shape index (κ1) is 16.0. The molecule has 0 saturated heterocycles. The predicted molar refractivity (Wildman–Crippen MR) is 101 cm³/mol. The van der Waals surface area contributed by atoms with Crippen molar-refractivity contribution in [1.82, 2.24) is 9.97 Å². The summed E-state index contributed by atoms with van der Waals surface area (Å²) in [7, 11) is 0. The molecular weight excluding hydrogens is 296 g/mol. The molecule has 4 heteroatoms. The first-order valence-electron chi connectivity index (χ1n) is 8.35. The first-order chi connectivity index (χ1) is 11.8. The van der Waals surface area contributed by atoms with Gasteiger partial charge in [0.15, 0.2) is 5.82 Å². The third-order valence-electron chi connectivity index (χ3n) is 3.64. The molecule has 0 fully saturated rings. The second kappa shape index (κ2) is 8.11. The van der Waals surface area contributed by atoms with Crippen molar-refractivity contribution < 1.29 is 0 Å². The largest absolute Gasteiger partial charge is 0.370 e. The van der Waals surface area contributed by atoms with Crippen LogP contribution in [0.2, 0.25) is 0 Å². The Bertz CT molecular complexity index is 757. The lowest BCUT2D eigenvalue weighted by Gasteiger charge is -2.11. The van der Waals surface area contributed by atoms with Gasteiger partial charge in [-0.1, -0.05) is 61.9 Å². The van der Waals surface area contributed by atoms with Gasteiger partial charge < -0.3 is 10.6 Å². The summed E-state index contributed by atoms with van der Waals surface area (Å²) in [5.41, 5.74) is 2.02. The summed E-state index contributed by atoms with van der Waals surface area (Å²) in [6.07, 6.45) is 2.27. The van der Waals surface area contributed by atoms with Crippen LogP contribution < -0.4 is 10.6 Å². The zero-order valence-corrected chi connectivity index (χ0v) is 13.9. The number of unbranched alkanes of at least 4 members (excludes halogenated alkanes) is 1. The highest BCUT2D eigenvalue weighted by molar-refractivity contribution is 5.65. The Kier molecular flexibility index (Phi) is 5.40. The summed E-state index contributed by atoms with van der Waals surface area (Å²) >= 11 is 0. The average Bonchev–Trinajstić information content (AvgIpc) is 2.63. The van der Waals surface area contributed by atoms with E-state index >= 15 is 0 Å². The number of rotatable bonds is 7. The van der Waals surface area contributed by atoms with Crippen LogP contribution in [0.3, 0.4) is 0 Å². The normalized spacial score (nSPS) is 10.4. The number of benzene rings is 2. The molecule has 1 heterocycles. The second-order valence-electron chi connectivity index (χ2n) is 5.60. The fourth-order valence-electron chi connectivity index (χ4n) is 2.38. The molecule has 0 unspecified atom stereocenters. The number of aromatic nitrogens is 2. The van der Waals surface area contributed by atoms with E-state index in [0.717, 1.165) is 48.1 Å². The molecule has 122 valence electrons. The van der Waals surface area contributed by atoms with E-state index in [1.807, 2.05) is 66.7 Å². The van der Waals surface area contributed by atoms with Gasteiger partial charge in [-0.2, -0.15) is 0 Å². The molecule has 0 saturated carbocycles. The Labute approximate surface area is 143 Å². The smallest absolute Gasteiger partial charge is 0.163 e. The minimum Gasteiger partial charge on any atom is -0.370 e. The van der Waals surface area contributed by atoms with E-state index in [-0.39, 0.29) is 0 Å². The van der Waals surface area contributed by atoms with Gasteiger partial charge in [0.2, 0.25) is 0 Å². The van der Waals surface area contributed by atoms with Crippen molar-refractivity contribution in [3.8, 4) is 11.4 Å². The molecule has 0 spiro atoms. The highest BCUT2D eigenvalue weighted by atomic mass is 15.1. The van der Waals surface area contributed by atoms with E-state index in [1.165, 1.54) is 0 Å². The molecule has 2 N–H and O–H groups in total. The summed E-state index contributed by atoms with van der Waals surface area (Å²) < 4.78 is 0. The summed E-state index contributed by atoms with van der Waals surface area (Å²) in [4.78, 5) is 9.32. The highest BCUT2D eigenvalue weighted by Crippen LogP contribution is 2.22. The Morgan fingerprint density at radius 3 is 2.21 bits per heavy atom. The van der Waals surface area contributed by atoms with Crippen LogP contribution in [-0.2, 0) is 0 Å². The topological polar surface area (TPSA) is 49.8 Å². The number of nitrogens with zero attached hydrogens (tertiary/aromatic N) is 2. The molecule has 3 rings (SSSR count). The van der Waals surface area contributed by atoms with Gasteiger partial charge >= 0.3 is 0 Å². The molecule has 0 bridgehead atoms. The van der Waals surface area contributed by atoms with Gasteiger partial charge in [-0.15, -0.1) is 0 Å². The van der Waals surface area contributed by atoms with Gasteiger partial charge in [0.05, 0.1) is 0 Å². The molecule has 2 aromatic carbocycles. The van der Waals surface area contributed by atoms with Crippen molar-refractivity contribution in [1.29, 1.82) is 0 Å². The van der Waals surface area contributed by atoms with Gasteiger partial charge in [0.1, 0.15) is 11.6 Å². The molecule has 0 amide bonds. The van der Waals surface area contributed by atoms with Crippen LogP contribution in [0.25, 0.3) is 11.4 Å². The molecule has 0 aliphatic heterocycles. The number of nitrogens with one attached hydrogen (secondary N) is 2. The Morgan fingerprint density at radius 1 is 0.833 bits per heavy atom. The van der Waals surface area contributed by atoms with Crippen LogP contribution in [0.15, 0.2) is 66.7 Å². The third kappa shape index (κ3) is 4.32. The summed E-state index contributed by atoms with van der Waals surface area (Å²) in [6.45, 7) is 3.09. The van der Waals surface area contributed by atoms with Crippen LogP contribution in [0.5, 0.6) is 0 Å². The van der Waals surface area contributed by atoms with E-state index in [4.69, 9.17) is 0 Å². The van der Waals surface area contributed by atoms with Gasteiger partial charge in [-0.3, -0.25) is 0 Å². The Balaban J connectivity index is 1.90. The Hall–Kier alpha value is -2.88. The lowest BCUT2D eigenvalue weighted by Crippen LogP contribution is -2.06. The number of para-hydroxylation sites is 1. The average molecular weight is 318 g/mol. The van der Waals surface area contributed by atoms with Crippen molar-refractivity contribution in [3.05, 3.63) is 66.7 Å². The van der Waals surface area contributed by atoms with Crippen molar-refractivity contribution in [2.24, 2.45) is 0 Å². The third-order valence-corrected chi connectivity index (χ3v) is 3.64. The van der Waals surface area contributed by atoms with Crippen molar-refractivity contribution in [2.75, 3.05) is 17.2 Å². The minimum atomic E-state index is 0.718. The summed E-state index contributed by atoms with van der Waals surface area (Å²) in [5.74, 6) is 2.35. The minimum absolute atomic E-state index is 0.718. The number of hydrogen-bond donors (Lipinski definition) is 2. The molecule has 0 aliphatic rings. The van der Waals surface area contributed by atoms with Crippen molar-refractivity contribution in [2.45, 2.75) is 19.8 Å². The van der Waals surface area contributed by atoms with Gasteiger partial charge in [0.25, 0.3) is 0 Å². The van der Waals surface area contributed by atoms with E-state index in [0.29, 0.717) is 0 Å². The monoisotopic (exact) mass is 318 g/mol. The zero-order valence-electron chi connectivity index (χ0n) is 13.9. The standard InChI is InChI=1S/C20H22N4/c1-2-3-14-21-18-15-19(22-17-12-8-5-9-13-17)24-20(23-18)16-10-6-4-7-11-16/h4-13,15H,2-3,14H2,1H3,(H2,21,22,23,24). The van der Waals surface area contributed by atoms with Crippen molar-refractivity contribution in [3.63, 3.8) is 0 Å². The maximum atomic E-state index is 4.66. The maximum Gasteiger partial charge on any atom is 0.163 e. The predicted octanol–water partition coefficient (Wildman–Crippen LogP) is 5.10. The van der Waals surface area contributed by atoms with E-state index < -0.39 is 0 Å². The fourth-order valence-corrected chi connectivity index (χ4v) is 2.38. The lowest BCUT2D eigenvalue weighted by atomic mass is 10.2. The molecule has 24 heavy (non-hydrogen) atoms. The van der Waals surface area contributed by atoms with Gasteiger partial charge in [-0.25, -0.2) is 9.97 Å². The molecule has 0 radical (unpaired) electrons. The van der Waals surface area contributed by atoms with Gasteiger partial charge in [-0.05, 0) is 18.6 Å². The molecule has 0 atom stereocenters.